The molecule has 1 aliphatic rings. The first-order valence-corrected chi connectivity index (χ1v) is 11.9. The molecule has 1 saturated heterocycles. The van der Waals surface area contributed by atoms with Gasteiger partial charge in [0, 0.05) is 0 Å². The lowest BCUT2D eigenvalue weighted by molar-refractivity contribution is -0.928. The Balaban J connectivity index is 0.00000576. The van der Waals surface area contributed by atoms with Crippen LogP contribution in [0.3, 0.4) is 0 Å². The molecule has 25 heavy (non-hydrogen) atoms. The number of nitrogens with zero attached hydrogens (tertiary/aromatic N) is 2. The lowest BCUT2D eigenvalue weighted by Crippen LogP contribution is -3.00. The quantitative estimate of drug-likeness (QED) is 0.221. The molecule has 1 fully saturated rings. The molecule has 0 aromatic heterocycles. The molecule has 0 bridgehead atoms. The largest absolute Gasteiger partial charge is 1.00 e. The Bertz CT molecular complexity index is 415. The van der Waals surface area contributed by atoms with Crippen molar-refractivity contribution in [3.05, 3.63) is 0 Å². The van der Waals surface area contributed by atoms with Gasteiger partial charge >= 0.3 is 0 Å². The minimum atomic E-state index is -3.03. The van der Waals surface area contributed by atoms with E-state index < -0.39 is 10.0 Å². The highest BCUT2D eigenvalue weighted by atomic mass is 127. The molecule has 152 valence electrons. The zero-order valence-corrected chi connectivity index (χ0v) is 19.8. The van der Waals surface area contributed by atoms with E-state index in [1.165, 1.54) is 44.9 Å². The van der Waals surface area contributed by atoms with Crippen LogP contribution in [0.25, 0.3) is 0 Å². The fraction of sp³-hybridized carbons (Fsp3) is 1.00. The highest BCUT2D eigenvalue weighted by Crippen LogP contribution is 2.17. The lowest BCUT2D eigenvalue weighted by Gasteiger charge is -2.43. The van der Waals surface area contributed by atoms with Gasteiger partial charge in [-0.3, -0.25) is 0 Å². The standard InChI is InChI=1S/C19H41N2O2S.HI/c1-4-7-8-9-10-11-12-13-14-19-24(22,23)20-15-17-21(5-2,6-3)18-16-20;/h4-19H2,1-3H3;1H/q+1;/p-1. The zero-order valence-electron chi connectivity index (χ0n) is 16.8. The number of halogens is 1. The second-order valence-electron chi connectivity index (χ2n) is 7.46. The average Bonchev–Trinajstić information content (AvgIpc) is 2.60. The summed E-state index contributed by atoms with van der Waals surface area (Å²) in [6.45, 7) is 12.3. The maximum atomic E-state index is 12.5. The van der Waals surface area contributed by atoms with Gasteiger partial charge < -0.3 is 28.5 Å². The van der Waals surface area contributed by atoms with Crippen LogP contribution in [0.2, 0.25) is 0 Å². The molecule has 0 saturated carbocycles. The van der Waals surface area contributed by atoms with Crippen LogP contribution >= 0.6 is 0 Å². The first-order chi connectivity index (χ1) is 11.5. The third-order valence-corrected chi connectivity index (χ3v) is 7.84. The Kier molecular flexibility index (Phi) is 14.1. The molecule has 0 aromatic rings. The van der Waals surface area contributed by atoms with Gasteiger partial charge in [0.15, 0.2) is 0 Å². The van der Waals surface area contributed by atoms with E-state index in [9.17, 15) is 8.42 Å². The number of likely N-dealkylation sites (N-methyl/N-ethyl adjacent to an activating group) is 1. The van der Waals surface area contributed by atoms with Gasteiger partial charge in [0.05, 0.1) is 45.0 Å². The maximum Gasteiger partial charge on any atom is 0.214 e. The van der Waals surface area contributed by atoms with Gasteiger partial charge in [-0.15, -0.1) is 0 Å². The normalized spacial score (nSPS) is 18.0. The van der Waals surface area contributed by atoms with E-state index in [-0.39, 0.29) is 24.0 Å². The van der Waals surface area contributed by atoms with Crippen molar-refractivity contribution in [1.82, 2.24) is 4.31 Å². The SMILES string of the molecule is CCCCCCCCCCCS(=O)(=O)N1CC[N+](CC)(CC)CC1.[I-]. The topological polar surface area (TPSA) is 37.4 Å². The minimum absolute atomic E-state index is 0. The van der Waals surface area contributed by atoms with Crippen molar-refractivity contribution in [2.24, 2.45) is 0 Å². The van der Waals surface area contributed by atoms with E-state index in [2.05, 4.69) is 20.8 Å². The van der Waals surface area contributed by atoms with Crippen molar-refractivity contribution >= 4 is 10.0 Å². The molecule has 0 N–H and O–H groups in total. The summed E-state index contributed by atoms with van der Waals surface area (Å²) in [7, 11) is -3.03. The van der Waals surface area contributed by atoms with Crippen LogP contribution in [-0.4, -0.2) is 62.2 Å². The van der Waals surface area contributed by atoms with Crippen molar-refractivity contribution in [2.45, 2.75) is 78.6 Å². The van der Waals surface area contributed by atoms with Gasteiger partial charge in [-0.25, -0.2) is 8.42 Å². The smallest absolute Gasteiger partial charge is 0.214 e. The van der Waals surface area contributed by atoms with E-state index in [0.29, 0.717) is 18.8 Å². The third kappa shape index (κ3) is 9.38. The molecular formula is C19H41IN2O2S. The molecule has 0 spiro atoms. The van der Waals surface area contributed by atoms with Gasteiger partial charge in [-0.2, -0.15) is 4.31 Å². The summed E-state index contributed by atoms with van der Waals surface area (Å²) in [5.41, 5.74) is 0. The fourth-order valence-electron chi connectivity index (χ4n) is 3.73. The number of quaternary nitrogens is 1. The lowest BCUT2D eigenvalue weighted by atomic mass is 10.1. The number of rotatable bonds is 13. The fourth-order valence-corrected chi connectivity index (χ4v) is 5.28. The van der Waals surface area contributed by atoms with E-state index in [4.69, 9.17) is 0 Å². The molecule has 6 heteroatoms. The van der Waals surface area contributed by atoms with Crippen molar-refractivity contribution in [3.63, 3.8) is 0 Å². The van der Waals surface area contributed by atoms with Crippen LogP contribution in [0.4, 0.5) is 0 Å². The summed E-state index contributed by atoms with van der Waals surface area (Å²) in [4.78, 5) is 0. The molecule has 0 radical (unpaired) electrons. The zero-order chi connectivity index (χ0) is 17.9. The van der Waals surface area contributed by atoms with Gasteiger partial charge in [0.1, 0.15) is 0 Å². The predicted molar refractivity (Wildman–Crippen MR) is 104 cm³/mol. The Morgan fingerprint density at radius 2 is 1.20 bits per heavy atom. The average molecular weight is 489 g/mol. The minimum Gasteiger partial charge on any atom is -1.00 e. The van der Waals surface area contributed by atoms with Crippen LogP contribution in [-0.2, 0) is 10.0 Å². The Labute approximate surface area is 174 Å². The van der Waals surface area contributed by atoms with E-state index in [0.717, 1.165) is 43.5 Å². The van der Waals surface area contributed by atoms with Crippen molar-refractivity contribution in [2.75, 3.05) is 45.0 Å². The van der Waals surface area contributed by atoms with Crippen molar-refractivity contribution in [1.29, 1.82) is 0 Å². The molecule has 0 unspecified atom stereocenters. The van der Waals surface area contributed by atoms with E-state index >= 15 is 0 Å². The molecule has 0 amide bonds. The van der Waals surface area contributed by atoms with Crippen LogP contribution < -0.4 is 24.0 Å². The Hall–Kier alpha value is 0.600. The monoisotopic (exact) mass is 488 g/mol. The highest BCUT2D eigenvalue weighted by Gasteiger charge is 2.34. The van der Waals surface area contributed by atoms with Crippen LogP contribution in [0.5, 0.6) is 0 Å². The summed E-state index contributed by atoms with van der Waals surface area (Å²) in [6.07, 6.45) is 11.0. The summed E-state index contributed by atoms with van der Waals surface area (Å²) < 4.78 is 27.8. The first-order valence-electron chi connectivity index (χ1n) is 10.3. The molecular weight excluding hydrogens is 447 g/mol. The van der Waals surface area contributed by atoms with Crippen LogP contribution in [0, 0.1) is 0 Å². The second kappa shape index (κ2) is 13.7. The van der Waals surface area contributed by atoms with Crippen molar-refractivity contribution < 1.29 is 36.9 Å². The Morgan fingerprint density at radius 1 is 0.760 bits per heavy atom. The van der Waals surface area contributed by atoms with Gasteiger partial charge in [-0.1, -0.05) is 58.3 Å². The number of piperazine rings is 1. The number of unbranched alkanes of at least 4 members (excludes halogenated alkanes) is 8. The third-order valence-electron chi connectivity index (χ3n) is 5.89. The predicted octanol–water partition coefficient (Wildman–Crippen LogP) is 1.02. The molecule has 1 heterocycles. The molecule has 0 aliphatic carbocycles. The molecule has 1 aliphatic heterocycles. The summed E-state index contributed by atoms with van der Waals surface area (Å²) in [5.74, 6) is 0.348. The highest BCUT2D eigenvalue weighted by molar-refractivity contribution is 7.89. The summed E-state index contributed by atoms with van der Waals surface area (Å²) in [5, 5.41) is 0. The molecule has 0 atom stereocenters. The van der Waals surface area contributed by atoms with Gasteiger partial charge in [0.2, 0.25) is 10.0 Å². The molecule has 1 rings (SSSR count). The Morgan fingerprint density at radius 3 is 1.64 bits per heavy atom. The maximum absolute atomic E-state index is 12.5. The molecule has 4 nitrogen and oxygen atoms in total. The van der Waals surface area contributed by atoms with E-state index in [1.54, 1.807) is 4.31 Å². The van der Waals surface area contributed by atoms with Crippen molar-refractivity contribution in [3.8, 4) is 0 Å². The first kappa shape index (κ1) is 25.6. The van der Waals surface area contributed by atoms with Crippen LogP contribution in [0.1, 0.15) is 78.6 Å². The van der Waals surface area contributed by atoms with Gasteiger partial charge in [0.25, 0.3) is 0 Å². The van der Waals surface area contributed by atoms with Crippen LogP contribution in [0.15, 0.2) is 0 Å². The van der Waals surface area contributed by atoms with Gasteiger partial charge in [-0.05, 0) is 20.3 Å². The summed E-state index contributed by atoms with van der Waals surface area (Å²) >= 11 is 0. The van der Waals surface area contributed by atoms with E-state index in [1.807, 2.05) is 0 Å². The molecule has 0 aromatic carbocycles. The summed E-state index contributed by atoms with van der Waals surface area (Å²) in [6, 6.07) is 0. The number of hydrogen-bond donors (Lipinski definition) is 0. The number of sulfonamides is 1. The second-order valence-corrected chi connectivity index (χ2v) is 9.55. The number of hydrogen-bond acceptors (Lipinski definition) is 2.